The molecule has 0 aliphatic carbocycles. The molecule has 0 fully saturated rings. The SMILES string of the molecule is Cc1nc(C)c([N+](=O)[O-])c(-c2ccco2)c1C(=O)O. The summed E-state index contributed by atoms with van der Waals surface area (Å²) < 4.78 is 5.12. The molecule has 0 aliphatic heterocycles. The van der Waals surface area contributed by atoms with E-state index < -0.39 is 10.9 Å². The van der Waals surface area contributed by atoms with Crippen LogP contribution < -0.4 is 0 Å². The maximum absolute atomic E-state index is 11.3. The van der Waals surface area contributed by atoms with Gasteiger partial charge in [-0.2, -0.15) is 0 Å². The molecule has 2 heterocycles. The fourth-order valence-electron chi connectivity index (χ4n) is 1.99. The highest BCUT2D eigenvalue weighted by Crippen LogP contribution is 2.36. The number of aromatic carboxylic acids is 1. The maximum atomic E-state index is 11.3. The van der Waals surface area contributed by atoms with Crippen LogP contribution >= 0.6 is 0 Å². The van der Waals surface area contributed by atoms with E-state index in [0.717, 1.165) is 0 Å². The van der Waals surface area contributed by atoms with Crippen molar-refractivity contribution in [2.24, 2.45) is 0 Å². The van der Waals surface area contributed by atoms with Crippen molar-refractivity contribution < 1.29 is 19.2 Å². The van der Waals surface area contributed by atoms with Gasteiger partial charge in [-0.1, -0.05) is 0 Å². The van der Waals surface area contributed by atoms with Crippen LogP contribution in [0.15, 0.2) is 22.8 Å². The summed E-state index contributed by atoms with van der Waals surface area (Å²) in [5.74, 6) is -1.14. The van der Waals surface area contributed by atoms with Gasteiger partial charge >= 0.3 is 11.7 Å². The van der Waals surface area contributed by atoms with Crippen LogP contribution in [-0.4, -0.2) is 21.0 Å². The number of nitrogens with zero attached hydrogens (tertiary/aromatic N) is 2. The van der Waals surface area contributed by atoms with E-state index in [1.807, 2.05) is 0 Å². The minimum absolute atomic E-state index is 0.0486. The van der Waals surface area contributed by atoms with Gasteiger partial charge < -0.3 is 9.52 Å². The number of carbonyl (C=O) groups is 1. The maximum Gasteiger partial charge on any atom is 0.338 e. The van der Waals surface area contributed by atoms with Crippen molar-refractivity contribution in [1.29, 1.82) is 0 Å². The van der Waals surface area contributed by atoms with Crippen LogP contribution in [0.4, 0.5) is 5.69 Å². The van der Waals surface area contributed by atoms with E-state index in [9.17, 15) is 20.0 Å². The number of carboxylic acid groups (broad SMARTS) is 1. The average Bonchev–Trinajstić information content (AvgIpc) is 2.79. The van der Waals surface area contributed by atoms with Crippen LogP contribution in [0.5, 0.6) is 0 Å². The van der Waals surface area contributed by atoms with Gasteiger partial charge in [0.2, 0.25) is 0 Å². The number of aryl methyl sites for hydroxylation is 2. The molecule has 98 valence electrons. The molecule has 7 heteroatoms. The Hall–Kier alpha value is -2.70. The molecule has 2 aromatic rings. The van der Waals surface area contributed by atoms with Gasteiger partial charge in [0.15, 0.2) is 0 Å². The molecule has 0 aromatic carbocycles. The molecule has 1 N–H and O–H groups in total. The van der Waals surface area contributed by atoms with E-state index in [-0.39, 0.29) is 34.0 Å². The third-order valence-electron chi connectivity index (χ3n) is 2.69. The predicted octanol–water partition coefficient (Wildman–Crippen LogP) is 2.56. The molecule has 2 rings (SSSR count). The Morgan fingerprint density at radius 1 is 1.42 bits per heavy atom. The van der Waals surface area contributed by atoms with Gasteiger partial charge in [-0.15, -0.1) is 0 Å². The monoisotopic (exact) mass is 262 g/mol. The van der Waals surface area contributed by atoms with E-state index in [1.165, 1.54) is 32.2 Å². The second-order valence-electron chi connectivity index (χ2n) is 3.92. The number of furan rings is 1. The fourth-order valence-corrected chi connectivity index (χ4v) is 1.99. The van der Waals surface area contributed by atoms with Crippen molar-refractivity contribution in [3.8, 4) is 11.3 Å². The molecule has 7 nitrogen and oxygen atoms in total. The lowest BCUT2D eigenvalue weighted by molar-refractivity contribution is -0.385. The lowest BCUT2D eigenvalue weighted by Crippen LogP contribution is -2.09. The molecule has 0 saturated heterocycles. The van der Waals surface area contributed by atoms with Crippen molar-refractivity contribution >= 4 is 11.7 Å². The summed E-state index contributed by atoms with van der Waals surface area (Å²) in [5, 5.41) is 20.4. The van der Waals surface area contributed by atoms with Gasteiger partial charge in [-0.05, 0) is 26.0 Å². The summed E-state index contributed by atoms with van der Waals surface area (Å²) in [5.41, 5.74) is -0.251. The van der Waals surface area contributed by atoms with E-state index in [4.69, 9.17) is 4.42 Å². The van der Waals surface area contributed by atoms with Gasteiger partial charge in [-0.25, -0.2) is 4.79 Å². The van der Waals surface area contributed by atoms with Gasteiger partial charge in [0.05, 0.1) is 22.4 Å². The third-order valence-corrected chi connectivity index (χ3v) is 2.69. The van der Waals surface area contributed by atoms with Gasteiger partial charge in [0.1, 0.15) is 17.0 Å². The van der Waals surface area contributed by atoms with E-state index in [2.05, 4.69) is 4.98 Å². The second kappa shape index (κ2) is 4.52. The quantitative estimate of drug-likeness (QED) is 0.672. The first-order valence-corrected chi connectivity index (χ1v) is 5.36. The van der Waals surface area contributed by atoms with Crippen molar-refractivity contribution in [1.82, 2.24) is 4.98 Å². The summed E-state index contributed by atoms with van der Waals surface area (Å²) in [6.45, 7) is 2.95. The number of rotatable bonds is 3. The number of pyridine rings is 1. The normalized spacial score (nSPS) is 10.4. The van der Waals surface area contributed by atoms with Crippen LogP contribution in [0.3, 0.4) is 0 Å². The summed E-state index contributed by atoms with van der Waals surface area (Å²) >= 11 is 0. The summed E-state index contributed by atoms with van der Waals surface area (Å²) in [6, 6.07) is 3.02. The first-order valence-electron chi connectivity index (χ1n) is 5.36. The lowest BCUT2D eigenvalue weighted by Gasteiger charge is -2.09. The predicted molar refractivity (Wildman–Crippen MR) is 65.0 cm³/mol. The Morgan fingerprint density at radius 2 is 2.11 bits per heavy atom. The Balaban J connectivity index is 2.93. The van der Waals surface area contributed by atoms with Gasteiger partial charge in [-0.3, -0.25) is 15.1 Å². The summed E-state index contributed by atoms with van der Waals surface area (Å²) in [7, 11) is 0. The molecule has 0 radical (unpaired) electrons. The van der Waals surface area contributed by atoms with Crippen molar-refractivity contribution in [3.63, 3.8) is 0 Å². The molecule has 19 heavy (non-hydrogen) atoms. The van der Waals surface area contributed by atoms with Crippen LogP contribution in [0, 0.1) is 24.0 Å². The molecule has 0 saturated carbocycles. The topological polar surface area (TPSA) is 106 Å². The molecule has 0 amide bonds. The smallest absolute Gasteiger partial charge is 0.338 e. The molecule has 0 atom stereocenters. The summed E-state index contributed by atoms with van der Waals surface area (Å²) in [6.07, 6.45) is 1.33. The molecule has 0 bridgehead atoms. The first kappa shape index (κ1) is 12.7. The molecule has 0 unspecified atom stereocenters. The Morgan fingerprint density at radius 3 is 2.58 bits per heavy atom. The van der Waals surface area contributed by atoms with Crippen LogP contribution in [0.25, 0.3) is 11.3 Å². The average molecular weight is 262 g/mol. The van der Waals surface area contributed by atoms with Crippen molar-refractivity contribution in [3.05, 3.63) is 45.5 Å². The number of aromatic nitrogens is 1. The highest BCUT2D eigenvalue weighted by Gasteiger charge is 2.30. The lowest BCUT2D eigenvalue weighted by atomic mass is 10.0. The highest BCUT2D eigenvalue weighted by atomic mass is 16.6. The fraction of sp³-hybridized carbons (Fsp3) is 0.167. The molecular formula is C12H10N2O5. The van der Waals surface area contributed by atoms with E-state index in [1.54, 1.807) is 0 Å². The third kappa shape index (κ3) is 2.05. The Kier molecular flexibility index (Phi) is 3.04. The number of carboxylic acids is 1. The Bertz CT molecular complexity index is 623. The van der Waals surface area contributed by atoms with Crippen LogP contribution in [-0.2, 0) is 0 Å². The largest absolute Gasteiger partial charge is 0.478 e. The Labute approximate surface area is 107 Å². The second-order valence-corrected chi connectivity index (χ2v) is 3.92. The van der Waals surface area contributed by atoms with Gasteiger partial charge in [0.25, 0.3) is 0 Å². The minimum atomic E-state index is -1.28. The zero-order valence-electron chi connectivity index (χ0n) is 10.2. The standard InChI is InChI=1S/C12H10N2O5/c1-6-9(12(15)16)10(8-4-3-5-19-8)11(14(17)18)7(2)13-6/h3-5H,1-2H3,(H,15,16). The molecule has 2 aromatic heterocycles. The molecule has 0 aliphatic rings. The van der Waals surface area contributed by atoms with Crippen molar-refractivity contribution in [2.75, 3.05) is 0 Å². The van der Waals surface area contributed by atoms with Crippen molar-refractivity contribution in [2.45, 2.75) is 13.8 Å². The first-order chi connectivity index (χ1) is 8.93. The van der Waals surface area contributed by atoms with Crippen LogP contribution in [0.2, 0.25) is 0 Å². The van der Waals surface area contributed by atoms with Crippen LogP contribution in [0.1, 0.15) is 21.7 Å². The zero-order chi connectivity index (χ0) is 14.2. The zero-order valence-corrected chi connectivity index (χ0v) is 10.2. The molecular weight excluding hydrogens is 252 g/mol. The van der Waals surface area contributed by atoms with Gasteiger partial charge in [0, 0.05) is 0 Å². The van der Waals surface area contributed by atoms with E-state index >= 15 is 0 Å². The minimum Gasteiger partial charge on any atom is -0.478 e. The number of hydrogen-bond acceptors (Lipinski definition) is 5. The molecule has 0 spiro atoms. The van der Waals surface area contributed by atoms with E-state index in [0.29, 0.717) is 0 Å². The number of hydrogen-bond donors (Lipinski definition) is 1. The number of nitro groups is 1. The summed E-state index contributed by atoms with van der Waals surface area (Å²) in [4.78, 5) is 25.8. The highest BCUT2D eigenvalue weighted by molar-refractivity contribution is 5.99.